The minimum absolute atomic E-state index is 0.244. The molecule has 4 unspecified atom stereocenters. The summed E-state index contributed by atoms with van der Waals surface area (Å²) in [7, 11) is 0. The van der Waals surface area contributed by atoms with Gasteiger partial charge in [-0.3, -0.25) is 0 Å². The van der Waals surface area contributed by atoms with E-state index in [1.165, 1.54) is 0 Å². The van der Waals surface area contributed by atoms with E-state index in [0.717, 1.165) is 0 Å². The lowest BCUT2D eigenvalue weighted by Crippen LogP contribution is -2.47. The molecule has 0 spiro atoms. The molecule has 0 bridgehead atoms. The van der Waals surface area contributed by atoms with Crippen molar-refractivity contribution in [1.82, 2.24) is 10.6 Å². The van der Waals surface area contributed by atoms with E-state index in [1.54, 1.807) is 41.5 Å². The normalized spacial score (nSPS) is 30.1. The maximum atomic E-state index is 12.0. The topological polar surface area (TPSA) is 151 Å². The summed E-state index contributed by atoms with van der Waals surface area (Å²) in [5, 5.41) is 24.1. The van der Waals surface area contributed by atoms with Gasteiger partial charge < -0.3 is 30.3 Å². The predicted octanol–water partition coefficient (Wildman–Crippen LogP) is 2.50. The Bertz CT molecular complexity index is 676. The van der Waals surface area contributed by atoms with Crippen molar-refractivity contribution in [1.29, 1.82) is 0 Å². The van der Waals surface area contributed by atoms with Crippen LogP contribution in [0.25, 0.3) is 0 Å². The van der Waals surface area contributed by atoms with Crippen molar-refractivity contribution in [2.75, 3.05) is 0 Å². The molecule has 2 fully saturated rings. The molecule has 10 heteroatoms. The zero-order valence-corrected chi connectivity index (χ0v) is 18.3. The van der Waals surface area contributed by atoms with Crippen molar-refractivity contribution in [3.63, 3.8) is 0 Å². The second kappa shape index (κ2) is 7.63. The Morgan fingerprint density at radius 3 is 1.30 bits per heavy atom. The highest BCUT2D eigenvalue weighted by molar-refractivity contribution is 5.89. The SMILES string of the molecule is CC(C)(C)OC(=O)NC1(C(=O)O)CC1CCC1CC1(NC(=O)OC(C)(C)C)C(=O)O. The van der Waals surface area contributed by atoms with Gasteiger partial charge in [-0.1, -0.05) is 0 Å². The summed E-state index contributed by atoms with van der Waals surface area (Å²) >= 11 is 0. The Hall–Kier alpha value is -2.52. The average Bonchev–Trinajstić information content (AvgIpc) is 3.37. The lowest BCUT2D eigenvalue weighted by molar-refractivity contribution is -0.142. The third-order valence-corrected chi connectivity index (χ3v) is 5.29. The number of aliphatic carboxylic acids is 2. The molecule has 2 aliphatic rings. The number of hydrogen-bond acceptors (Lipinski definition) is 6. The first-order valence-electron chi connectivity index (χ1n) is 10.00. The minimum atomic E-state index is -1.40. The molecule has 10 nitrogen and oxygen atoms in total. The fraction of sp³-hybridized carbons (Fsp3) is 0.800. The van der Waals surface area contributed by atoms with Gasteiger partial charge >= 0.3 is 24.1 Å². The van der Waals surface area contributed by atoms with Crippen LogP contribution >= 0.6 is 0 Å². The van der Waals surface area contributed by atoms with Crippen molar-refractivity contribution < 1.29 is 38.9 Å². The molecular formula is C20H32N2O8. The fourth-order valence-electron chi connectivity index (χ4n) is 3.67. The van der Waals surface area contributed by atoms with E-state index in [9.17, 15) is 29.4 Å². The smallest absolute Gasteiger partial charge is 0.408 e. The number of nitrogens with one attached hydrogen (secondary N) is 2. The van der Waals surface area contributed by atoms with E-state index >= 15 is 0 Å². The number of amides is 2. The number of carboxylic acids is 2. The maximum Gasteiger partial charge on any atom is 0.408 e. The molecule has 4 atom stereocenters. The molecule has 30 heavy (non-hydrogen) atoms. The van der Waals surface area contributed by atoms with Gasteiger partial charge in [0, 0.05) is 0 Å². The average molecular weight is 428 g/mol. The van der Waals surface area contributed by atoms with Crippen LogP contribution in [0.4, 0.5) is 9.59 Å². The summed E-state index contributed by atoms with van der Waals surface area (Å²) in [5.74, 6) is -2.97. The molecule has 0 radical (unpaired) electrons. The fourth-order valence-corrected chi connectivity index (χ4v) is 3.67. The van der Waals surface area contributed by atoms with Crippen molar-refractivity contribution in [2.24, 2.45) is 11.8 Å². The van der Waals surface area contributed by atoms with E-state index in [-0.39, 0.29) is 24.7 Å². The molecule has 2 aliphatic carbocycles. The number of hydrogen-bond donors (Lipinski definition) is 4. The summed E-state index contributed by atoms with van der Waals surface area (Å²) in [6.07, 6.45) is -0.312. The monoisotopic (exact) mass is 428 g/mol. The van der Waals surface area contributed by atoms with Crippen LogP contribution in [0.5, 0.6) is 0 Å². The minimum Gasteiger partial charge on any atom is -0.479 e. The highest BCUT2D eigenvalue weighted by Crippen LogP contribution is 2.52. The largest absolute Gasteiger partial charge is 0.479 e. The van der Waals surface area contributed by atoms with E-state index in [4.69, 9.17) is 9.47 Å². The van der Waals surface area contributed by atoms with Crippen LogP contribution in [-0.4, -0.2) is 56.6 Å². The second-order valence-corrected chi connectivity index (χ2v) is 10.2. The number of carbonyl (C=O) groups excluding carboxylic acids is 2. The number of ether oxygens (including phenoxy) is 2. The summed E-state index contributed by atoms with van der Waals surface area (Å²) in [6, 6.07) is 0. The highest BCUT2D eigenvalue weighted by Gasteiger charge is 2.65. The maximum absolute atomic E-state index is 12.0. The molecule has 0 saturated heterocycles. The number of carboxylic acid groups (broad SMARTS) is 2. The summed E-state index contributed by atoms with van der Waals surface area (Å²) < 4.78 is 10.3. The molecule has 0 aliphatic heterocycles. The van der Waals surface area contributed by atoms with Gasteiger partial charge in [0.25, 0.3) is 0 Å². The van der Waals surface area contributed by atoms with Gasteiger partial charge in [-0.2, -0.15) is 0 Å². The van der Waals surface area contributed by atoms with Gasteiger partial charge in [0.05, 0.1) is 0 Å². The molecule has 0 aromatic carbocycles. The van der Waals surface area contributed by atoms with Crippen molar-refractivity contribution >= 4 is 24.1 Å². The van der Waals surface area contributed by atoms with Crippen LogP contribution in [0, 0.1) is 11.8 Å². The molecule has 2 amide bonds. The predicted molar refractivity (Wildman–Crippen MR) is 105 cm³/mol. The number of rotatable bonds is 7. The third kappa shape index (κ3) is 5.54. The second-order valence-electron chi connectivity index (χ2n) is 10.2. The Kier molecular flexibility index (Phi) is 6.04. The number of carbonyl (C=O) groups is 4. The molecule has 0 aromatic rings. The zero-order chi connectivity index (χ0) is 23.1. The van der Waals surface area contributed by atoms with E-state index in [0.29, 0.717) is 12.8 Å². The van der Waals surface area contributed by atoms with Gasteiger partial charge in [-0.05, 0) is 79.1 Å². The quantitative estimate of drug-likeness (QED) is 0.483. The van der Waals surface area contributed by atoms with E-state index < -0.39 is 46.4 Å². The van der Waals surface area contributed by atoms with Crippen LogP contribution in [0.1, 0.15) is 67.2 Å². The summed E-state index contributed by atoms with van der Waals surface area (Å²) in [6.45, 7) is 10.1. The first kappa shape index (κ1) is 23.8. The Morgan fingerprint density at radius 2 is 1.07 bits per heavy atom. The molecule has 170 valence electrons. The van der Waals surface area contributed by atoms with Gasteiger partial charge in [-0.25, -0.2) is 19.2 Å². The summed E-state index contributed by atoms with van der Waals surface area (Å²) in [5.41, 5.74) is -4.31. The van der Waals surface area contributed by atoms with Crippen LogP contribution in [0.2, 0.25) is 0 Å². The Morgan fingerprint density at radius 1 is 0.767 bits per heavy atom. The summed E-state index contributed by atoms with van der Waals surface area (Å²) in [4.78, 5) is 47.5. The van der Waals surface area contributed by atoms with Crippen molar-refractivity contribution in [2.45, 2.75) is 89.5 Å². The van der Waals surface area contributed by atoms with Gasteiger partial charge in [0.2, 0.25) is 0 Å². The standard InChI is InChI=1S/C20H32N2O8/c1-17(2,3)29-15(27)21-19(13(23)24)9-11(19)7-8-12-10-20(12,14(25)26)22-16(28)30-18(4,5)6/h11-12H,7-10H2,1-6H3,(H,21,27)(H,22,28)(H,23,24)(H,25,26). The Labute approximate surface area is 175 Å². The first-order chi connectivity index (χ1) is 13.5. The van der Waals surface area contributed by atoms with E-state index in [1.807, 2.05) is 0 Å². The zero-order valence-electron chi connectivity index (χ0n) is 18.3. The molecule has 2 rings (SSSR count). The van der Waals surface area contributed by atoms with Crippen molar-refractivity contribution in [3.05, 3.63) is 0 Å². The molecule has 0 aromatic heterocycles. The highest BCUT2D eigenvalue weighted by atomic mass is 16.6. The first-order valence-corrected chi connectivity index (χ1v) is 10.00. The van der Waals surface area contributed by atoms with Crippen LogP contribution in [0.15, 0.2) is 0 Å². The molecular weight excluding hydrogens is 396 g/mol. The van der Waals surface area contributed by atoms with E-state index in [2.05, 4.69) is 10.6 Å². The molecule has 0 heterocycles. The van der Waals surface area contributed by atoms with Crippen LogP contribution in [-0.2, 0) is 19.1 Å². The lowest BCUT2D eigenvalue weighted by Gasteiger charge is -2.23. The van der Waals surface area contributed by atoms with Crippen LogP contribution < -0.4 is 10.6 Å². The van der Waals surface area contributed by atoms with Crippen molar-refractivity contribution in [3.8, 4) is 0 Å². The molecule has 4 N–H and O–H groups in total. The molecule has 2 saturated carbocycles. The third-order valence-electron chi connectivity index (χ3n) is 5.29. The van der Waals surface area contributed by atoms with Gasteiger partial charge in [0.15, 0.2) is 0 Å². The number of alkyl carbamates (subject to hydrolysis) is 2. The Balaban J connectivity index is 1.92. The van der Waals surface area contributed by atoms with Gasteiger partial charge in [-0.15, -0.1) is 0 Å². The van der Waals surface area contributed by atoms with Gasteiger partial charge in [0.1, 0.15) is 22.3 Å². The van der Waals surface area contributed by atoms with Crippen LogP contribution in [0.3, 0.4) is 0 Å². The lowest BCUT2D eigenvalue weighted by atomic mass is 10.0.